The monoisotopic (exact) mass is 218 g/mol. The van der Waals surface area contributed by atoms with E-state index < -0.39 is 0 Å². The molecular formula is C3H5Cl2N6Na. The van der Waals surface area contributed by atoms with Gasteiger partial charge in [0.1, 0.15) is 0 Å². The molecule has 0 bridgehead atoms. The van der Waals surface area contributed by atoms with Gasteiger partial charge in [0.2, 0.25) is 17.8 Å². The molecule has 0 saturated carbocycles. The van der Waals surface area contributed by atoms with E-state index >= 15 is 0 Å². The Balaban J connectivity index is 0. The minimum Gasteiger partial charge on any atom is -1.00 e. The van der Waals surface area contributed by atoms with Gasteiger partial charge < -0.3 is 7.16 Å². The fourth-order valence-electron chi connectivity index (χ4n) is 0.477. The Morgan fingerprint density at radius 3 is 1.83 bits per heavy atom. The van der Waals surface area contributed by atoms with Crippen LogP contribution in [0.3, 0.4) is 0 Å². The third-order valence-corrected chi connectivity index (χ3v) is 1.16. The minimum atomic E-state index is 0. The predicted octanol–water partition coefficient (Wildman–Crippen LogP) is -2.30. The standard InChI is InChI=1S/C3H4Cl2N6.Na.H/c4-10-2-7-1(6)8-3(9-2)11-5;;/h(H4,6,7,8,9,10,11);;/q;+1;-1. The van der Waals surface area contributed by atoms with Crippen LogP contribution in [0.15, 0.2) is 0 Å². The van der Waals surface area contributed by atoms with E-state index in [1.165, 1.54) is 0 Å². The first-order valence-corrected chi connectivity index (χ1v) is 3.26. The van der Waals surface area contributed by atoms with Crippen molar-refractivity contribution >= 4 is 41.4 Å². The maximum atomic E-state index is 5.25. The van der Waals surface area contributed by atoms with Crippen LogP contribution in [0.1, 0.15) is 1.43 Å². The number of nitrogens with one attached hydrogen (secondary N) is 2. The second-order valence-electron chi connectivity index (χ2n) is 1.53. The molecule has 0 unspecified atom stereocenters. The molecule has 0 saturated heterocycles. The fourth-order valence-corrected chi connectivity index (χ4v) is 0.646. The zero-order valence-corrected chi connectivity index (χ0v) is 9.69. The van der Waals surface area contributed by atoms with E-state index in [0.29, 0.717) is 0 Å². The summed E-state index contributed by atoms with van der Waals surface area (Å²) in [5, 5.41) is 0. The van der Waals surface area contributed by atoms with Crippen molar-refractivity contribution in [1.29, 1.82) is 0 Å². The maximum absolute atomic E-state index is 5.25. The third kappa shape index (κ3) is 3.16. The van der Waals surface area contributed by atoms with Crippen LogP contribution in [0.5, 0.6) is 0 Å². The van der Waals surface area contributed by atoms with Crippen LogP contribution in [0.2, 0.25) is 0 Å². The first-order valence-electron chi connectivity index (χ1n) is 2.51. The Labute approximate surface area is 102 Å². The molecule has 0 radical (unpaired) electrons. The van der Waals surface area contributed by atoms with E-state index in [-0.39, 0.29) is 48.8 Å². The van der Waals surface area contributed by atoms with E-state index in [2.05, 4.69) is 24.6 Å². The first kappa shape index (κ1) is 12.0. The van der Waals surface area contributed by atoms with Gasteiger partial charge in [0.25, 0.3) is 0 Å². The molecular weight excluding hydrogens is 214 g/mol. The number of anilines is 3. The van der Waals surface area contributed by atoms with Crippen LogP contribution >= 0.6 is 23.6 Å². The summed E-state index contributed by atoms with van der Waals surface area (Å²) in [5.41, 5.74) is 5.25. The molecule has 0 aliphatic carbocycles. The molecule has 1 heterocycles. The van der Waals surface area contributed by atoms with Gasteiger partial charge in [0, 0.05) is 23.6 Å². The predicted molar refractivity (Wildman–Crippen MR) is 44.3 cm³/mol. The van der Waals surface area contributed by atoms with Crippen molar-refractivity contribution < 1.29 is 31.0 Å². The Bertz CT molecular complexity index is 239. The molecule has 0 atom stereocenters. The molecule has 0 aliphatic rings. The molecule has 0 amide bonds. The van der Waals surface area contributed by atoms with E-state index in [1.54, 1.807) is 0 Å². The van der Waals surface area contributed by atoms with Crippen molar-refractivity contribution in [2.45, 2.75) is 0 Å². The second-order valence-corrected chi connectivity index (χ2v) is 1.91. The van der Waals surface area contributed by atoms with Crippen molar-refractivity contribution in [3.8, 4) is 0 Å². The van der Waals surface area contributed by atoms with Crippen LogP contribution < -0.4 is 45.0 Å². The minimum absolute atomic E-state index is 0. The number of nitrogen functional groups attached to an aromatic ring is 1. The van der Waals surface area contributed by atoms with Gasteiger partial charge in [-0.2, -0.15) is 15.0 Å². The molecule has 9 heteroatoms. The summed E-state index contributed by atoms with van der Waals surface area (Å²) in [6, 6.07) is 0. The number of rotatable bonds is 2. The Morgan fingerprint density at radius 1 is 1.08 bits per heavy atom. The summed E-state index contributed by atoms with van der Waals surface area (Å²) >= 11 is 10.4. The molecule has 4 N–H and O–H groups in total. The van der Waals surface area contributed by atoms with E-state index in [4.69, 9.17) is 29.3 Å². The molecule has 0 aromatic carbocycles. The molecule has 62 valence electrons. The topological polar surface area (TPSA) is 88.8 Å². The molecule has 0 aliphatic heterocycles. The van der Waals surface area contributed by atoms with Gasteiger partial charge in [0.15, 0.2) is 0 Å². The van der Waals surface area contributed by atoms with Gasteiger partial charge >= 0.3 is 29.6 Å². The summed E-state index contributed by atoms with van der Waals surface area (Å²) < 4.78 is 0. The third-order valence-electron chi connectivity index (χ3n) is 0.822. The van der Waals surface area contributed by atoms with Crippen molar-refractivity contribution in [2.75, 3.05) is 15.4 Å². The van der Waals surface area contributed by atoms with Gasteiger partial charge in [-0.15, -0.1) is 0 Å². The van der Waals surface area contributed by atoms with Crippen LogP contribution in [0.25, 0.3) is 0 Å². The van der Waals surface area contributed by atoms with Gasteiger partial charge in [-0.1, -0.05) is 0 Å². The average molecular weight is 219 g/mol. The van der Waals surface area contributed by atoms with Crippen LogP contribution in [-0.4, -0.2) is 15.0 Å². The van der Waals surface area contributed by atoms with Gasteiger partial charge in [-0.05, 0) is 0 Å². The number of nitrogens with zero attached hydrogens (tertiary/aromatic N) is 3. The molecule has 1 aromatic rings. The van der Waals surface area contributed by atoms with Gasteiger partial charge in [-0.25, -0.2) is 0 Å². The van der Waals surface area contributed by atoms with Crippen molar-refractivity contribution in [3.05, 3.63) is 0 Å². The molecule has 0 fully saturated rings. The smallest absolute Gasteiger partial charge is 1.00 e. The zero-order valence-electron chi connectivity index (χ0n) is 7.17. The molecule has 1 aromatic heterocycles. The van der Waals surface area contributed by atoms with E-state index in [1.807, 2.05) is 0 Å². The molecule has 0 spiro atoms. The fraction of sp³-hybridized carbons (Fsp3) is 0. The van der Waals surface area contributed by atoms with Crippen molar-refractivity contribution in [3.63, 3.8) is 0 Å². The first-order chi connectivity index (χ1) is 5.26. The quantitative estimate of drug-likeness (QED) is 0.383. The van der Waals surface area contributed by atoms with Crippen LogP contribution in [-0.2, 0) is 0 Å². The number of nitrogens with two attached hydrogens (primary N) is 1. The average Bonchev–Trinajstić information content (AvgIpc) is 2.03. The normalized spacial score (nSPS) is 8.50. The number of aromatic nitrogens is 3. The Kier molecular flexibility index (Phi) is 5.60. The Morgan fingerprint density at radius 2 is 1.50 bits per heavy atom. The number of halogens is 2. The summed E-state index contributed by atoms with van der Waals surface area (Å²) in [5.74, 6) is 0.316. The summed E-state index contributed by atoms with van der Waals surface area (Å²) in [6.45, 7) is 0. The molecule has 12 heavy (non-hydrogen) atoms. The number of hydrogen-bond acceptors (Lipinski definition) is 6. The summed E-state index contributed by atoms with van der Waals surface area (Å²) in [4.78, 5) is 15.3. The maximum Gasteiger partial charge on any atom is 1.00 e. The van der Waals surface area contributed by atoms with E-state index in [0.717, 1.165) is 0 Å². The molecule has 6 nitrogen and oxygen atoms in total. The summed E-state index contributed by atoms with van der Waals surface area (Å²) in [6.07, 6.45) is 0. The van der Waals surface area contributed by atoms with Crippen LogP contribution in [0.4, 0.5) is 17.8 Å². The number of hydrogen-bond donors (Lipinski definition) is 3. The van der Waals surface area contributed by atoms with Crippen LogP contribution in [0, 0.1) is 0 Å². The van der Waals surface area contributed by atoms with Gasteiger partial charge in [0.05, 0.1) is 0 Å². The van der Waals surface area contributed by atoms with Crippen molar-refractivity contribution in [2.24, 2.45) is 0 Å². The summed E-state index contributed by atoms with van der Waals surface area (Å²) in [7, 11) is 0. The molecule has 1 rings (SSSR count). The van der Waals surface area contributed by atoms with Crippen molar-refractivity contribution in [1.82, 2.24) is 15.0 Å². The Hall–Kier alpha value is -0.0100. The van der Waals surface area contributed by atoms with Gasteiger partial charge in [-0.3, -0.25) is 9.67 Å². The zero-order chi connectivity index (χ0) is 8.27. The second kappa shape index (κ2) is 5.60. The van der Waals surface area contributed by atoms with E-state index in [9.17, 15) is 0 Å². The SMILES string of the molecule is Nc1nc(NCl)nc(NCl)n1.[H-].[Na+]. The largest absolute Gasteiger partial charge is 1.00 e.